The van der Waals surface area contributed by atoms with E-state index in [-0.39, 0.29) is 0 Å². The van der Waals surface area contributed by atoms with Crippen LogP contribution in [0.2, 0.25) is 0 Å². The van der Waals surface area contributed by atoms with Gasteiger partial charge in [-0.3, -0.25) is 14.8 Å². The number of rotatable bonds is 3. The lowest BCUT2D eigenvalue weighted by atomic mass is 10.0. The summed E-state index contributed by atoms with van der Waals surface area (Å²) in [6.07, 6.45) is 0.466. The second kappa shape index (κ2) is 7.80. The average molecular weight is 342 g/mol. The number of hydrogen-bond donors (Lipinski definition) is 1. The first-order valence-corrected chi connectivity index (χ1v) is 8.71. The zero-order valence-electron chi connectivity index (χ0n) is 13.9. The molecule has 134 valence electrons. The van der Waals surface area contributed by atoms with Crippen molar-refractivity contribution in [2.24, 2.45) is 0 Å². The van der Waals surface area contributed by atoms with Crippen molar-refractivity contribution in [3.05, 3.63) is 29.6 Å². The van der Waals surface area contributed by atoms with Crippen LogP contribution in [0.15, 0.2) is 18.3 Å². The van der Waals surface area contributed by atoms with Gasteiger partial charge in [-0.25, -0.2) is 0 Å². The van der Waals surface area contributed by atoms with Crippen LogP contribution in [0.25, 0.3) is 0 Å². The smallest absolute Gasteiger partial charge is 0.315 e. The predicted molar refractivity (Wildman–Crippen MR) is 86.6 cm³/mol. The largest absolute Gasteiger partial charge is 0.433 e. The quantitative estimate of drug-likeness (QED) is 0.914. The van der Waals surface area contributed by atoms with E-state index < -0.39 is 11.9 Å². The first-order chi connectivity index (χ1) is 11.5. The Bertz CT molecular complexity index is 502. The van der Waals surface area contributed by atoms with Gasteiger partial charge >= 0.3 is 6.18 Å². The van der Waals surface area contributed by atoms with E-state index in [0.29, 0.717) is 12.6 Å². The molecular formula is C17H25F3N4. The molecule has 1 N–H and O–H groups in total. The van der Waals surface area contributed by atoms with E-state index in [1.807, 2.05) is 0 Å². The molecule has 2 aliphatic rings. The Kier molecular flexibility index (Phi) is 5.73. The topological polar surface area (TPSA) is 31.4 Å². The number of nitrogens with one attached hydrogen (secondary N) is 1. The third-order valence-corrected chi connectivity index (χ3v) is 4.97. The fourth-order valence-electron chi connectivity index (χ4n) is 3.62. The first kappa shape index (κ1) is 17.6. The number of pyridine rings is 1. The normalized spacial score (nSPS) is 22.5. The second-order valence-electron chi connectivity index (χ2n) is 6.70. The SMILES string of the molecule is FC(F)(F)c1ccc(CN2CCC(N3CCCNCC3)CC2)cn1. The third-order valence-electron chi connectivity index (χ3n) is 4.97. The highest BCUT2D eigenvalue weighted by atomic mass is 19.4. The van der Waals surface area contributed by atoms with Gasteiger partial charge in [0.25, 0.3) is 0 Å². The molecular weight excluding hydrogens is 317 g/mol. The van der Waals surface area contributed by atoms with Crippen LogP contribution in [0.1, 0.15) is 30.5 Å². The number of nitrogens with zero attached hydrogens (tertiary/aromatic N) is 3. The molecule has 2 saturated heterocycles. The van der Waals surface area contributed by atoms with Gasteiger partial charge in [-0.1, -0.05) is 6.07 Å². The lowest BCUT2D eigenvalue weighted by Gasteiger charge is -2.38. The van der Waals surface area contributed by atoms with Gasteiger partial charge in [0.1, 0.15) is 5.69 Å². The third kappa shape index (κ3) is 4.68. The predicted octanol–water partition coefficient (Wildman–Crippen LogP) is 2.36. The van der Waals surface area contributed by atoms with Gasteiger partial charge in [-0.2, -0.15) is 13.2 Å². The molecule has 0 unspecified atom stereocenters. The van der Waals surface area contributed by atoms with E-state index in [0.717, 1.165) is 57.2 Å². The molecule has 7 heteroatoms. The van der Waals surface area contributed by atoms with Gasteiger partial charge in [-0.15, -0.1) is 0 Å². The lowest BCUT2D eigenvalue weighted by Crippen LogP contribution is -2.45. The lowest BCUT2D eigenvalue weighted by molar-refractivity contribution is -0.141. The first-order valence-electron chi connectivity index (χ1n) is 8.71. The maximum atomic E-state index is 12.5. The van der Waals surface area contributed by atoms with E-state index in [1.165, 1.54) is 19.2 Å². The summed E-state index contributed by atoms with van der Waals surface area (Å²) >= 11 is 0. The van der Waals surface area contributed by atoms with Gasteiger partial charge in [-0.05, 0) is 57.1 Å². The standard InChI is InChI=1S/C17H25F3N4/c18-17(19,20)16-3-2-14(12-22-16)13-23-9-4-15(5-10-23)24-8-1-6-21-7-11-24/h2-3,12,15,21H,1,4-11,13H2. The summed E-state index contributed by atoms with van der Waals surface area (Å²) in [7, 11) is 0. The van der Waals surface area contributed by atoms with Crippen molar-refractivity contribution in [2.75, 3.05) is 39.3 Å². The van der Waals surface area contributed by atoms with Crippen LogP contribution in [0.4, 0.5) is 13.2 Å². The molecule has 24 heavy (non-hydrogen) atoms. The van der Waals surface area contributed by atoms with Crippen molar-refractivity contribution in [3.63, 3.8) is 0 Å². The van der Waals surface area contributed by atoms with Crippen molar-refractivity contribution < 1.29 is 13.2 Å². The highest BCUT2D eigenvalue weighted by Gasteiger charge is 2.32. The molecule has 2 aliphatic heterocycles. The minimum Gasteiger partial charge on any atom is -0.315 e. The van der Waals surface area contributed by atoms with Crippen molar-refractivity contribution in [1.29, 1.82) is 0 Å². The number of likely N-dealkylation sites (tertiary alicyclic amines) is 1. The Balaban J connectivity index is 1.48. The van der Waals surface area contributed by atoms with Gasteiger partial charge in [0.2, 0.25) is 0 Å². The Morgan fingerprint density at radius 3 is 2.54 bits per heavy atom. The summed E-state index contributed by atoms with van der Waals surface area (Å²) in [6, 6.07) is 3.26. The highest BCUT2D eigenvalue weighted by Crippen LogP contribution is 2.27. The summed E-state index contributed by atoms with van der Waals surface area (Å²) in [5, 5.41) is 3.43. The average Bonchev–Trinajstić information content (AvgIpc) is 2.85. The summed E-state index contributed by atoms with van der Waals surface area (Å²) in [5.74, 6) is 0. The fraction of sp³-hybridized carbons (Fsp3) is 0.706. The fourth-order valence-corrected chi connectivity index (χ4v) is 3.62. The number of piperidine rings is 1. The number of hydrogen-bond acceptors (Lipinski definition) is 4. The number of alkyl halides is 3. The van der Waals surface area contributed by atoms with Crippen molar-refractivity contribution in [1.82, 2.24) is 20.1 Å². The van der Waals surface area contributed by atoms with Crippen LogP contribution >= 0.6 is 0 Å². The van der Waals surface area contributed by atoms with Crippen molar-refractivity contribution >= 4 is 0 Å². The molecule has 0 radical (unpaired) electrons. The van der Waals surface area contributed by atoms with Crippen molar-refractivity contribution in [3.8, 4) is 0 Å². The Morgan fingerprint density at radius 1 is 1.08 bits per heavy atom. The van der Waals surface area contributed by atoms with E-state index in [9.17, 15) is 13.2 Å². The number of aromatic nitrogens is 1. The Morgan fingerprint density at radius 2 is 1.88 bits per heavy atom. The van der Waals surface area contributed by atoms with E-state index in [1.54, 1.807) is 6.07 Å². The minimum atomic E-state index is -4.36. The van der Waals surface area contributed by atoms with Crippen LogP contribution in [0, 0.1) is 0 Å². The van der Waals surface area contributed by atoms with Crippen LogP contribution < -0.4 is 5.32 Å². The van der Waals surface area contributed by atoms with E-state index in [4.69, 9.17) is 0 Å². The molecule has 0 aliphatic carbocycles. The summed E-state index contributed by atoms with van der Waals surface area (Å²) in [5.41, 5.74) is 0.0279. The molecule has 1 aromatic heterocycles. The molecule has 0 atom stereocenters. The van der Waals surface area contributed by atoms with Gasteiger partial charge in [0, 0.05) is 31.9 Å². The Labute approximate surface area is 141 Å². The van der Waals surface area contributed by atoms with Gasteiger partial charge in [0.05, 0.1) is 0 Å². The molecule has 0 spiro atoms. The monoisotopic (exact) mass is 342 g/mol. The molecule has 4 nitrogen and oxygen atoms in total. The molecule has 3 heterocycles. The van der Waals surface area contributed by atoms with Gasteiger partial charge in [0.15, 0.2) is 0 Å². The number of halogens is 3. The van der Waals surface area contributed by atoms with E-state index >= 15 is 0 Å². The minimum absolute atomic E-state index is 0.645. The maximum Gasteiger partial charge on any atom is 0.433 e. The molecule has 1 aromatic rings. The van der Waals surface area contributed by atoms with Crippen molar-refractivity contribution in [2.45, 2.75) is 38.0 Å². The molecule has 3 rings (SSSR count). The van der Waals surface area contributed by atoms with Crippen LogP contribution in [0.3, 0.4) is 0 Å². The molecule has 2 fully saturated rings. The maximum absolute atomic E-state index is 12.5. The highest BCUT2D eigenvalue weighted by molar-refractivity contribution is 5.16. The van der Waals surface area contributed by atoms with Gasteiger partial charge < -0.3 is 5.32 Å². The molecule has 0 bridgehead atoms. The summed E-state index contributed by atoms with van der Waals surface area (Å²) < 4.78 is 37.6. The van der Waals surface area contributed by atoms with E-state index in [2.05, 4.69) is 20.1 Å². The van der Waals surface area contributed by atoms with Crippen LogP contribution in [-0.2, 0) is 12.7 Å². The zero-order chi connectivity index (χ0) is 17.0. The zero-order valence-corrected chi connectivity index (χ0v) is 13.9. The summed E-state index contributed by atoms with van der Waals surface area (Å²) in [6.45, 7) is 7.13. The van der Waals surface area contributed by atoms with Crippen LogP contribution in [-0.4, -0.2) is 60.1 Å². The molecule has 0 aromatic carbocycles. The Hall–Kier alpha value is -1.18. The second-order valence-corrected chi connectivity index (χ2v) is 6.70. The molecule has 0 saturated carbocycles. The summed E-state index contributed by atoms with van der Waals surface area (Å²) in [4.78, 5) is 8.46. The molecule has 0 amide bonds. The van der Waals surface area contributed by atoms with Crippen LogP contribution in [0.5, 0.6) is 0 Å².